The number of aliphatic hydroxyl groups is 1. The molecule has 0 radical (unpaired) electrons. The average molecular weight is 282 g/mol. The third kappa shape index (κ3) is 2.76. The minimum atomic E-state index is 0.102. The van der Waals surface area contributed by atoms with Gasteiger partial charge in [0.2, 0.25) is 0 Å². The van der Waals surface area contributed by atoms with Crippen LogP contribution in [0.5, 0.6) is 0 Å². The molecule has 0 saturated carbocycles. The zero-order chi connectivity index (χ0) is 14.0. The highest BCUT2D eigenvalue weighted by Gasteiger charge is 2.20. The zero-order valence-corrected chi connectivity index (χ0v) is 12.4. The van der Waals surface area contributed by atoms with Crippen molar-refractivity contribution in [1.29, 1.82) is 0 Å². The van der Waals surface area contributed by atoms with E-state index in [1.807, 2.05) is 32.3 Å². The smallest absolute Gasteiger partial charge is 0.127 e. The van der Waals surface area contributed by atoms with Gasteiger partial charge in [0.05, 0.1) is 23.7 Å². The Kier molecular flexibility index (Phi) is 4.45. The SMILES string of the molecule is CCC(c1nc2cc(Cl)ccc2n1CCO)N(C)C. The highest BCUT2D eigenvalue weighted by molar-refractivity contribution is 6.31. The van der Waals surface area contributed by atoms with Gasteiger partial charge >= 0.3 is 0 Å². The number of imidazole rings is 1. The molecule has 0 spiro atoms. The van der Waals surface area contributed by atoms with Crippen LogP contribution in [-0.4, -0.2) is 40.3 Å². The van der Waals surface area contributed by atoms with Gasteiger partial charge in [0.15, 0.2) is 0 Å². The molecular formula is C14H20ClN3O. The van der Waals surface area contributed by atoms with Crippen molar-refractivity contribution in [3.8, 4) is 0 Å². The Morgan fingerprint density at radius 1 is 1.42 bits per heavy atom. The molecule has 0 saturated heterocycles. The molecule has 0 aliphatic rings. The lowest BCUT2D eigenvalue weighted by Gasteiger charge is -2.23. The first-order valence-electron chi connectivity index (χ1n) is 6.51. The molecule has 1 N–H and O–H groups in total. The second-order valence-corrected chi connectivity index (χ2v) is 5.30. The van der Waals surface area contributed by atoms with Crippen molar-refractivity contribution in [3.05, 3.63) is 29.0 Å². The minimum absolute atomic E-state index is 0.102. The second-order valence-electron chi connectivity index (χ2n) is 4.87. The van der Waals surface area contributed by atoms with Crippen molar-refractivity contribution in [2.24, 2.45) is 0 Å². The molecule has 0 aliphatic heterocycles. The summed E-state index contributed by atoms with van der Waals surface area (Å²) in [7, 11) is 4.09. The van der Waals surface area contributed by atoms with Gasteiger partial charge in [0.1, 0.15) is 5.82 Å². The highest BCUT2D eigenvalue weighted by atomic mass is 35.5. The number of hydrogen-bond donors (Lipinski definition) is 1. The van der Waals surface area contributed by atoms with Gasteiger partial charge in [-0.3, -0.25) is 4.90 Å². The molecule has 1 heterocycles. The summed E-state index contributed by atoms with van der Waals surface area (Å²) < 4.78 is 2.08. The number of aromatic nitrogens is 2. The quantitative estimate of drug-likeness (QED) is 0.916. The lowest BCUT2D eigenvalue weighted by atomic mass is 10.2. The van der Waals surface area contributed by atoms with Gasteiger partial charge in [-0.05, 0) is 38.7 Å². The van der Waals surface area contributed by atoms with Gasteiger partial charge in [-0.1, -0.05) is 18.5 Å². The maximum absolute atomic E-state index is 9.28. The number of rotatable bonds is 5. The van der Waals surface area contributed by atoms with Gasteiger partial charge in [-0.15, -0.1) is 0 Å². The maximum Gasteiger partial charge on any atom is 0.127 e. The molecule has 0 bridgehead atoms. The first-order valence-corrected chi connectivity index (χ1v) is 6.89. The molecular weight excluding hydrogens is 262 g/mol. The second kappa shape index (κ2) is 5.90. The topological polar surface area (TPSA) is 41.3 Å². The van der Waals surface area contributed by atoms with Crippen molar-refractivity contribution in [3.63, 3.8) is 0 Å². The van der Waals surface area contributed by atoms with Crippen LogP contribution in [0.25, 0.3) is 11.0 Å². The summed E-state index contributed by atoms with van der Waals surface area (Å²) in [5.74, 6) is 0.985. The Balaban J connectivity index is 2.61. The minimum Gasteiger partial charge on any atom is -0.395 e. The van der Waals surface area contributed by atoms with Crippen molar-refractivity contribution in [2.45, 2.75) is 25.9 Å². The Labute approximate surface area is 118 Å². The van der Waals surface area contributed by atoms with E-state index in [0.717, 1.165) is 23.3 Å². The van der Waals surface area contributed by atoms with E-state index in [9.17, 15) is 5.11 Å². The van der Waals surface area contributed by atoms with Crippen LogP contribution in [0.3, 0.4) is 0 Å². The van der Waals surface area contributed by atoms with Gasteiger partial charge in [-0.25, -0.2) is 4.98 Å². The molecule has 0 aliphatic carbocycles. The summed E-state index contributed by atoms with van der Waals surface area (Å²) >= 11 is 6.02. The Bertz CT molecular complexity index is 565. The van der Waals surface area contributed by atoms with Gasteiger partial charge in [-0.2, -0.15) is 0 Å². The van der Waals surface area contributed by atoms with E-state index >= 15 is 0 Å². The third-order valence-corrected chi connectivity index (χ3v) is 3.61. The third-order valence-electron chi connectivity index (χ3n) is 3.37. The first-order chi connectivity index (χ1) is 9.08. The van der Waals surface area contributed by atoms with Crippen LogP contribution in [0.15, 0.2) is 18.2 Å². The molecule has 19 heavy (non-hydrogen) atoms. The van der Waals surface area contributed by atoms with Gasteiger partial charge < -0.3 is 9.67 Å². The lowest BCUT2D eigenvalue weighted by Crippen LogP contribution is -2.23. The molecule has 104 valence electrons. The number of nitrogens with zero attached hydrogens (tertiary/aromatic N) is 3. The fourth-order valence-electron chi connectivity index (χ4n) is 2.49. The van der Waals surface area contributed by atoms with Crippen molar-refractivity contribution >= 4 is 22.6 Å². The molecule has 2 rings (SSSR count). The van der Waals surface area contributed by atoms with Crippen LogP contribution in [0.2, 0.25) is 5.02 Å². The number of hydrogen-bond acceptors (Lipinski definition) is 3. The number of fused-ring (bicyclic) bond motifs is 1. The summed E-state index contributed by atoms with van der Waals surface area (Å²) in [4.78, 5) is 6.86. The van der Waals surface area contributed by atoms with Gasteiger partial charge in [0.25, 0.3) is 0 Å². The van der Waals surface area contributed by atoms with E-state index in [1.165, 1.54) is 0 Å². The maximum atomic E-state index is 9.28. The lowest BCUT2D eigenvalue weighted by molar-refractivity contribution is 0.251. The predicted molar refractivity (Wildman–Crippen MR) is 78.5 cm³/mol. The number of benzene rings is 1. The van der Waals surface area contributed by atoms with E-state index in [2.05, 4.69) is 16.4 Å². The van der Waals surface area contributed by atoms with E-state index in [-0.39, 0.29) is 12.6 Å². The molecule has 5 heteroatoms. The Hall–Kier alpha value is -1.10. The van der Waals surface area contributed by atoms with Crippen LogP contribution in [-0.2, 0) is 6.54 Å². The van der Waals surface area contributed by atoms with E-state index in [4.69, 9.17) is 16.6 Å². The molecule has 1 aromatic carbocycles. The van der Waals surface area contributed by atoms with E-state index < -0.39 is 0 Å². The summed E-state index contributed by atoms with van der Waals surface area (Å²) in [5, 5.41) is 9.97. The molecule has 1 unspecified atom stereocenters. The van der Waals surface area contributed by atoms with E-state index in [1.54, 1.807) is 0 Å². The zero-order valence-electron chi connectivity index (χ0n) is 11.6. The number of aliphatic hydroxyl groups excluding tert-OH is 1. The summed E-state index contributed by atoms with van der Waals surface area (Å²) in [6.45, 7) is 2.79. The predicted octanol–water partition coefficient (Wildman–Crippen LogP) is 2.69. The Morgan fingerprint density at radius 3 is 2.74 bits per heavy atom. The standard InChI is InChI=1S/C14H20ClN3O/c1-4-12(17(2)3)14-16-11-9-10(15)5-6-13(11)18(14)7-8-19/h5-6,9,12,19H,4,7-8H2,1-3H3. The fraction of sp³-hybridized carbons (Fsp3) is 0.500. The summed E-state index contributed by atoms with van der Waals surface area (Å²) in [6, 6.07) is 5.93. The first kappa shape index (κ1) is 14.3. The monoisotopic (exact) mass is 281 g/mol. The van der Waals surface area contributed by atoms with E-state index in [0.29, 0.717) is 11.6 Å². The number of halogens is 1. The molecule has 4 nitrogen and oxygen atoms in total. The van der Waals surface area contributed by atoms with Crippen LogP contribution >= 0.6 is 11.6 Å². The largest absolute Gasteiger partial charge is 0.395 e. The van der Waals surface area contributed by atoms with Crippen LogP contribution in [0, 0.1) is 0 Å². The molecule has 0 amide bonds. The summed E-state index contributed by atoms with van der Waals surface area (Å²) in [6.07, 6.45) is 0.968. The van der Waals surface area contributed by atoms with Crippen molar-refractivity contribution < 1.29 is 5.11 Å². The molecule has 1 aromatic heterocycles. The van der Waals surface area contributed by atoms with Crippen molar-refractivity contribution in [2.75, 3.05) is 20.7 Å². The normalized spacial score (nSPS) is 13.4. The van der Waals surface area contributed by atoms with Gasteiger partial charge in [0, 0.05) is 11.6 Å². The molecule has 0 fully saturated rings. The molecule has 1 atom stereocenters. The summed E-state index contributed by atoms with van der Waals surface area (Å²) in [5.41, 5.74) is 1.91. The fourth-order valence-corrected chi connectivity index (χ4v) is 2.66. The Morgan fingerprint density at radius 2 is 2.16 bits per heavy atom. The van der Waals surface area contributed by atoms with Crippen LogP contribution < -0.4 is 0 Å². The van der Waals surface area contributed by atoms with Crippen molar-refractivity contribution in [1.82, 2.24) is 14.5 Å². The van der Waals surface area contributed by atoms with Crippen LogP contribution in [0.1, 0.15) is 25.2 Å². The van der Waals surface area contributed by atoms with Crippen LogP contribution in [0.4, 0.5) is 0 Å². The highest BCUT2D eigenvalue weighted by Crippen LogP contribution is 2.27. The average Bonchev–Trinajstić information content (AvgIpc) is 2.68. The molecule has 2 aromatic rings.